The highest BCUT2D eigenvalue weighted by atomic mass is 19.1. The van der Waals surface area contributed by atoms with E-state index >= 15 is 0 Å². The van der Waals surface area contributed by atoms with E-state index in [1.54, 1.807) is 10.7 Å². The third-order valence-corrected chi connectivity index (χ3v) is 3.87. The van der Waals surface area contributed by atoms with Crippen LogP contribution in [-0.2, 0) is 11.3 Å². The summed E-state index contributed by atoms with van der Waals surface area (Å²) < 4.78 is 20.9. The average Bonchev–Trinajstić information content (AvgIpc) is 3.07. The molecular formula is C14H18FN5O. The van der Waals surface area contributed by atoms with E-state index < -0.39 is 5.82 Å². The summed E-state index contributed by atoms with van der Waals surface area (Å²) in [5.74, 6) is 0.515. The molecule has 2 aromatic rings. The molecule has 6 nitrogen and oxygen atoms in total. The molecule has 1 fully saturated rings. The number of nitrogens with two attached hydrogens (primary N) is 1. The molecule has 1 aliphatic rings. The van der Waals surface area contributed by atoms with Crippen LogP contribution in [0.2, 0.25) is 0 Å². The van der Waals surface area contributed by atoms with E-state index in [9.17, 15) is 4.39 Å². The van der Waals surface area contributed by atoms with Crippen LogP contribution in [0.3, 0.4) is 0 Å². The normalized spacial score (nSPS) is 21.8. The van der Waals surface area contributed by atoms with Crippen LogP contribution in [0, 0.1) is 11.7 Å². The molecule has 1 aromatic carbocycles. The SMILES string of the molecule is CCC1OCCC1Cn1nnnc1-c1cc(N)cc(F)c1. The molecule has 0 amide bonds. The number of tetrazole rings is 1. The fraction of sp³-hybridized carbons (Fsp3) is 0.500. The van der Waals surface area contributed by atoms with Crippen molar-refractivity contribution in [2.24, 2.45) is 5.92 Å². The Labute approximate surface area is 122 Å². The minimum atomic E-state index is -0.393. The summed E-state index contributed by atoms with van der Waals surface area (Å²) >= 11 is 0. The first kappa shape index (κ1) is 13.9. The topological polar surface area (TPSA) is 78.8 Å². The van der Waals surface area contributed by atoms with Gasteiger partial charge in [-0.1, -0.05) is 6.92 Å². The second-order valence-corrected chi connectivity index (χ2v) is 5.32. The van der Waals surface area contributed by atoms with E-state index in [1.165, 1.54) is 12.1 Å². The molecule has 21 heavy (non-hydrogen) atoms. The first-order chi connectivity index (χ1) is 10.2. The predicted molar refractivity (Wildman–Crippen MR) is 75.8 cm³/mol. The Morgan fingerprint density at radius 3 is 3.05 bits per heavy atom. The van der Waals surface area contributed by atoms with Gasteiger partial charge in [-0.2, -0.15) is 0 Å². The summed E-state index contributed by atoms with van der Waals surface area (Å²) in [6.45, 7) is 3.54. The smallest absolute Gasteiger partial charge is 0.182 e. The molecule has 7 heteroatoms. The minimum absolute atomic E-state index is 0.236. The fourth-order valence-corrected chi connectivity index (χ4v) is 2.85. The first-order valence-electron chi connectivity index (χ1n) is 7.11. The van der Waals surface area contributed by atoms with E-state index in [4.69, 9.17) is 10.5 Å². The number of halogens is 1. The van der Waals surface area contributed by atoms with Crippen molar-refractivity contribution in [3.05, 3.63) is 24.0 Å². The number of ether oxygens (including phenoxy) is 1. The summed E-state index contributed by atoms with van der Waals surface area (Å²) in [6.07, 6.45) is 2.19. The third-order valence-electron chi connectivity index (χ3n) is 3.87. The second-order valence-electron chi connectivity index (χ2n) is 5.32. The molecule has 2 atom stereocenters. The average molecular weight is 291 g/mol. The Kier molecular flexibility index (Phi) is 3.83. The molecule has 1 aliphatic heterocycles. The van der Waals surface area contributed by atoms with Gasteiger partial charge in [-0.3, -0.25) is 0 Å². The molecule has 112 valence electrons. The zero-order valence-electron chi connectivity index (χ0n) is 11.9. The van der Waals surface area contributed by atoms with Crippen LogP contribution < -0.4 is 5.73 Å². The van der Waals surface area contributed by atoms with Crippen LogP contribution in [0.25, 0.3) is 11.4 Å². The van der Waals surface area contributed by atoms with E-state index in [0.717, 1.165) is 19.4 Å². The van der Waals surface area contributed by atoms with E-state index in [1.807, 2.05) is 0 Å². The van der Waals surface area contributed by atoms with Gasteiger partial charge >= 0.3 is 0 Å². The molecule has 0 bridgehead atoms. The standard InChI is InChI=1S/C14H18FN5O/c1-2-13-9(3-4-21-13)8-20-14(17-18-19-20)10-5-11(15)7-12(16)6-10/h5-7,9,13H,2-4,8,16H2,1H3. The summed E-state index contributed by atoms with van der Waals surface area (Å²) in [4.78, 5) is 0. The maximum absolute atomic E-state index is 13.5. The van der Waals surface area contributed by atoms with Crippen LogP contribution in [0.1, 0.15) is 19.8 Å². The first-order valence-corrected chi connectivity index (χ1v) is 7.11. The van der Waals surface area contributed by atoms with Crippen molar-refractivity contribution in [3.8, 4) is 11.4 Å². The molecule has 2 unspecified atom stereocenters. The molecule has 1 aromatic heterocycles. The van der Waals surface area contributed by atoms with Crippen molar-refractivity contribution in [1.29, 1.82) is 0 Å². The molecule has 2 N–H and O–H groups in total. The number of nitrogens with zero attached hydrogens (tertiary/aromatic N) is 4. The van der Waals surface area contributed by atoms with Crippen LogP contribution >= 0.6 is 0 Å². The number of hydrogen-bond donors (Lipinski definition) is 1. The van der Waals surface area contributed by atoms with Crippen LogP contribution in [-0.4, -0.2) is 32.9 Å². The number of nitrogen functional groups attached to an aromatic ring is 1. The summed E-state index contributed by atoms with van der Waals surface area (Å²) in [5, 5.41) is 11.7. The van der Waals surface area contributed by atoms with Gasteiger partial charge in [-0.15, -0.1) is 5.10 Å². The van der Waals surface area contributed by atoms with Crippen LogP contribution in [0.5, 0.6) is 0 Å². The van der Waals surface area contributed by atoms with Crippen molar-refractivity contribution in [2.45, 2.75) is 32.4 Å². The third kappa shape index (κ3) is 2.87. The maximum Gasteiger partial charge on any atom is 0.182 e. The van der Waals surface area contributed by atoms with Gasteiger partial charge in [0.25, 0.3) is 0 Å². The van der Waals surface area contributed by atoms with Gasteiger partial charge in [-0.05, 0) is 41.5 Å². The Morgan fingerprint density at radius 2 is 2.29 bits per heavy atom. The Bertz CT molecular complexity index is 609. The van der Waals surface area contributed by atoms with Crippen LogP contribution in [0.15, 0.2) is 18.2 Å². The van der Waals surface area contributed by atoms with Gasteiger partial charge in [0.05, 0.1) is 12.6 Å². The summed E-state index contributed by atoms with van der Waals surface area (Å²) in [5.41, 5.74) is 6.63. The van der Waals surface area contributed by atoms with E-state index in [0.29, 0.717) is 29.5 Å². The summed E-state index contributed by atoms with van der Waals surface area (Å²) in [7, 11) is 0. The number of anilines is 1. The van der Waals surface area contributed by atoms with Gasteiger partial charge in [0, 0.05) is 23.8 Å². The molecule has 0 saturated carbocycles. The Hall–Kier alpha value is -2.02. The lowest BCUT2D eigenvalue weighted by Gasteiger charge is -2.17. The Morgan fingerprint density at radius 1 is 1.43 bits per heavy atom. The molecule has 0 radical (unpaired) electrons. The van der Waals surface area contributed by atoms with Gasteiger partial charge in [0.2, 0.25) is 0 Å². The highest BCUT2D eigenvalue weighted by Gasteiger charge is 2.28. The van der Waals surface area contributed by atoms with Crippen molar-refractivity contribution < 1.29 is 9.13 Å². The molecular weight excluding hydrogens is 273 g/mol. The zero-order valence-corrected chi connectivity index (χ0v) is 11.9. The second kappa shape index (κ2) is 5.77. The molecule has 2 heterocycles. The van der Waals surface area contributed by atoms with Crippen molar-refractivity contribution in [3.63, 3.8) is 0 Å². The number of benzene rings is 1. The number of rotatable bonds is 4. The number of aromatic nitrogens is 4. The quantitative estimate of drug-likeness (QED) is 0.870. The number of hydrogen-bond acceptors (Lipinski definition) is 5. The highest BCUT2D eigenvalue weighted by Crippen LogP contribution is 2.27. The zero-order chi connectivity index (χ0) is 14.8. The van der Waals surface area contributed by atoms with Crippen LogP contribution in [0.4, 0.5) is 10.1 Å². The van der Waals surface area contributed by atoms with Crippen molar-refractivity contribution >= 4 is 5.69 Å². The molecule has 0 spiro atoms. The lowest BCUT2D eigenvalue weighted by atomic mass is 9.99. The predicted octanol–water partition coefficient (Wildman–Crippen LogP) is 1.88. The Balaban J connectivity index is 1.87. The maximum atomic E-state index is 13.5. The highest BCUT2D eigenvalue weighted by molar-refractivity contribution is 5.61. The van der Waals surface area contributed by atoms with Crippen molar-refractivity contribution in [2.75, 3.05) is 12.3 Å². The molecule has 3 rings (SSSR count). The monoisotopic (exact) mass is 291 g/mol. The molecule has 1 saturated heterocycles. The van der Waals surface area contributed by atoms with Gasteiger partial charge in [-0.25, -0.2) is 9.07 Å². The lowest BCUT2D eigenvalue weighted by Crippen LogP contribution is -2.21. The van der Waals surface area contributed by atoms with Gasteiger partial charge < -0.3 is 10.5 Å². The minimum Gasteiger partial charge on any atom is -0.399 e. The van der Waals surface area contributed by atoms with E-state index in [-0.39, 0.29) is 6.10 Å². The summed E-state index contributed by atoms with van der Waals surface area (Å²) in [6, 6.07) is 4.34. The van der Waals surface area contributed by atoms with E-state index in [2.05, 4.69) is 22.4 Å². The fourth-order valence-electron chi connectivity index (χ4n) is 2.85. The van der Waals surface area contributed by atoms with Gasteiger partial charge in [0.15, 0.2) is 5.82 Å². The lowest BCUT2D eigenvalue weighted by molar-refractivity contribution is 0.0825. The molecule has 0 aliphatic carbocycles. The van der Waals surface area contributed by atoms with Crippen molar-refractivity contribution in [1.82, 2.24) is 20.2 Å². The largest absolute Gasteiger partial charge is 0.399 e. The van der Waals surface area contributed by atoms with Gasteiger partial charge in [0.1, 0.15) is 5.82 Å².